The average molecular weight is 330 g/mol. The van der Waals surface area contributed by atoms with E-state index in [0.717, 1.165) is 5.75 Å². The molecule has 4 nitrogen and oxygen atoms in total. The maximum atomic E-state index is 12.9. The van der Waals surface area contributed by atoms with Crippen LogP contribution in [0, 0.1) is 12.7 Å². The highest BCUT2D eigenvalue weighted by molar-refractivity contribution is 5.94. The highest BCUT2D eigenvalue weighted by Crippen LogP contribution is 2.12. The molecule has 2 rings (SSSR count). The molecule has 0 heterocycles. The van der Waals surface area contributed by atoms with Crippen molar-refractivity contribution in [1.82, 2.24) is 4.90 Å². The number of nitrogens with zero attached hydrogens (tertiary/aromatic N) is 1. The van der Waals surface area contributed by atoms with Gasteiger partial charge in [0.05, 0.1) is 6.04 Å². The van der Waals surface area contributed by atoms with Crippen LogP contribution in [0.15, 0.2) is 48.5 Å². The van der Waals surface area contributed by atoms with E-state index in [0.29, 0.717) is 18.8 Å². The number of halogens is 1. The second kappa shape index (κ2) is 8.45. The number of hydrogen-bond donors (Lipinski definition) is 1. The lowest BCUT2D eigenvalue weighted by Gasteiger charge is -2.23. The number of benzene rings is 2. The Hall–Kier alpha value is -2.40. The van der Waals surface area contributed by atoms with Gasteiger partial charge in [0.1, 0.15) is 18.2 Å². The first-order valence-electron chi connectivity index (χ1n) is 7.92. The number of amides is 1. The smallest absolute Gasteiger partial charge is 0.241 e. The Bertz CT molecular complexity index is 656. The zero-order valence-corrected chi connectivity index (χ0v) is 14.3. The van der Waals surface area contributed by atoms with Crippen molar-refractivity contribution in [2.75, 3.05) is 25.5 Å². The number of ether oxygens (including phenoxy) is 1. The SMILES string of the molecule is Cc1ccc(OCCN(C)C(C)C(=O)Nc2ccc(F)cc2)cc1. The predicted octanol–water partition coefficient (Wildman–Crippen LogP) is 3.47. The molecule has 1 N–H and O–H groups in total. The van der Waals surface area contributed by atoms with Crippen LogP contribution < -0.4 is 10.1 Å². The number of aryl methyl sites for hydroxylation is 1. The largest absolute Gasteiger partial charge is 0.492 e. The fourth-order valence-corrected chi connectivity index (χ4v) is 2.12. The number of hydrogen-bond acceptors (Lipinski definition) is 3. The first-order chi connectivity index (χ1) is 11.5. The summed E-state index contributed by atoms with van der Waals surface area (Å²) in [7, 11) is 1.87. The summed E-state index contributed by atoms with van der Waals surface area (Å²) in [6.07, 6.45) is 0. The fraction of sp³-hybridized carbons (Fsp3) is 0.316. The van der Waals surface area contributed by atoms with Crippen LogP contribution in [-0.2, 0) is 4.79 Å². The summed E-state index contributed by atoms with van der Waals surface area (Å²) in [6, 6.07) is 13.3. The van der Waals surface area contributed by atoms with Gasteiger partial charge in [0, 0.05) is 12.2 Å². The van der Waals surface area contributed by atoms with Crippen LogP contribution in [0.2, 0.25) is 0 Å². The Balaban J connectivity index is 1.78. The molecule has 1 amide bonds. The van der Waals surface area contributed by atoms with Crippen LogP contribution in [0.3, 0.4) is 0 Å². The van der Waals surface area contributed by atoms with E-state index in [4.69, 9.17) is 4.74 Å². The average Bonchev–Trinajstić information content (AvgIpc) is 2.58. The molecule has 1 atom stereocenters. The fourth-order valence-electron chi connectivity index (χ4n) is 2.12. The van der Waals surface area contributed by atoms with E-state index in [-0.39, 0.29) is 17.8 Å². The summed E-state index contributed by atoms with van der Waals surface area (Å²) in [4.78, 5) is 14.1. The maximum Gasteiger partial charge on any atom is 0.241 e. The molecule has 128 valence electrons. The van der Waals surface area contributed by atoms with Crippen LogP contribution >= 0.6 is 0 Å². The van der Waals surface area contributed by atoms with E-state index >= 15 is 0 Å². The van der Waals surface area contributed by atoms with Gasteiger partial charge in [-0.1, -0.05) is 17.7 Å². The third-order valence-corrected chi connectivity index (χ3v) is 3.89. The van der Waals surface area contributed by atoms with Gasteiger partial charge in [-0.15, -0.1) is 0 Å². The minimum atomic E-state index is -0.327. The van der Waals surface area contributed by atoms with E-state index in [1.54, 1.807) is 12.1 Å². The van der Waals surface area contributed by atoms with Crippen LogP contribution in [-0.4, -0.2) is 37.0 Å². The van der Waals surface area contributed by atoms with E-state index in [2.05, 4.69) is 5.32 Å². The zero-order chi connectivity index (χ0) is 17.5. The first-order valence-corrected chi connectivity index (χ1v) is 7.92. The van der Waals surface area contributed by atoms with Crippen molar-refractivity contribution in [1.29, 1.82) is 0 Å². The minimum absolute atomic E-state index is 0.139. The Morgan fingerprint density at radius 2 is 1.79 bits per heavy atom. The highest BCUT2D eigenvalue weighted by Gasteiger charge is 2.18. The number of anilines is 1. The quantitative estimate of drug-likeness (QED) is 0.845. The molecule has 0 radical (unpaired) electrons. The Labute approximate surface area is 142 Å². The zero-order valence-electron chi connectivity index (χ0n) is 14.3. The van der Waals surface area contributed by atoms with Crippen molar-refractivity contribution < 1.29 is 13.9 Å². The Morgan fingerprint density at radius 1 is 1.17 bits per heavy atom. The van der Waals surface area contributed by atoms with Crippen molar-refractivity contribution in [3.63, 3.8) is 0 Å². The van der Waals surface area contributed by atoms with Crippen molar-refractivity contribution >= 4 is 11.6 Å². The summed E-state index contributed by atoms with van der Waals surface area (Å²) in [5, 5.41) is 2.78. The first kappa shape index (κ1) is 17.9. The van der Waals surface area contributed by atoms with Crippen LogP contribution in [0.4, 0.5) is 10.1 Å². The van der Waals surface area contributed by atoms with E-state index in [9.17, 15) is 9.18 Å². The molecular weight excluding hydrogens is 307 g/mol. The van der Waals surface area contributed by atoms with Gasteiger partial charge in [0.25, 0.3) is 0 Å². The van der Waals surface area contributed by atoms with Crippen molar-refractivity contribution in [2.45, 2.75) is 19.9 Å². The number of rotatable bonds is 7. The molecule has 2 aromatic rings. The van der Waals surface area contributed by atoms with Crippen LogP contribution in [0.25, 0.3) is 0 Å². The molecule has 0 saturated carbocycles. The molecule has 0 fully saturated rings. The number of nitrogens with one attached hydrogen (secondary N) is 1. The standard InChI is InChI=1S/C19H23FN2O2/c1-14-4-10-18(11-5-14)24-13-12-22(3)15(2)19(23)21-17-8-6-16(20)7-9-17/h4-11,15H,12-13H2,1-3H3,(H,21,23). The molecule has 0 spiro atoms. The minimum Gasteiger partial charge on any atom is -0.492 e. The molecule has 0 saturated heterocycles. The van der Waals surface area contributed by atoms with Gasteiger partial charge in [-0.2, -0.15) is 0 Å². The van der Waals surface area contributed by atoms with Gasteiger partial charge in [-0.25, -0.2) is 4.39 Å². The van der Waals surface area contributed by atoms with E-state index in [1.807, 2.05) is 50.1 Å². The van der Waals surface area contributed by atoms with Gasteiger partial charge in [0.2, 0.25) is 5.91 Å². The topological polar surface area (TPSA) is 41.6 Å². The molecule has 0 aliphatic heterocycles. The summed E-state index contributed by atoms with van der Waals surface area (Å²) in [5.41, 5.74) is 1.77. The summed E-state index contributed by atoms with van der Waals surface area (Å²) >= 11 is 0. The van der Waals surface area contributed by atoms with Crippen LogP contribution in [0.5, 0.6) is 5.75 Å². The van der Waals surface area contributed by atoms with Crippen molar-refractivity contribution in [3.8, 4) is 5.75 Å². The van der Waals surface area contributed by atoms with E-state index in [1.165, 1.54) is 17.7 Å². The van der Waals surface area contributed by atoms with Gasteiger partial charge < -0.3 is 10.1 Å². The highest BCUT2D eigenvalue weighted by atomic mass is 19.1. The number of carbonyl (C=O) groups excluding carboxylic acids is 1. The normalized spacial score (nSPS) is 12.0. The number of likely N-dealkylation sites (N-methyl/N-ethyl adjacent to an activating group) is 1. The van der Waals surface area contributed by atoms with E-state index < -0.39 is 0 Å². The lowest BCUT2D eigenvalue weighted by Crippen LogP contribution is -2.41. The summed E-state index contributed by atoms with van der Waals surface area (Å²) in [6.45, 7) is 4.96. The third-order valence-electron chi connectivity index (χ3n) is 3.89. The molecule has 0 aliphatic carbocycles. The van der Waals surface area contributed by atoms with Gasteiger partial charge in [-0.05, 0) is 57.3 Å². The van der Waals surface area contributed by atoms with Gasteiger partial charge >= 0.3 is 0 Å². The van der Waals surface area contributed by atoms with Crippen molar-refractivity contribution in [3.05, 3.63) is 59.9 Å². The molecular formula is C19H23FN2O2. The molecule has 0 bridgehead atoms. The number of carbonyl (C=O) groups is 1. The van der Waals surface area contributed by atoms with Gasteiger partial charge in [-0.3, -0.25) is 9.69 Å². The molecule has 5 heteroatoms. The Morgan fingerprint density at radius 3 is 2.42 bits per heavy atom. The summed E-state index contributed by atoms with van der Waals surface area (Å²) in [5.74, 6) is 0.350. The molecule has 1 unspecified atom stereocenters. The molecule has 24 heavy (non-hydrogen) atoms. The lowest BCUT2D eigenvalue weighted by molar-refractivity contribution is -0.120. The molecule has 0 aromatic heterocycles. The monoisotopic (exact) mass is 330 g/mol. The predicted molar refractivity (Wildman–Crippen MR) is 93.8 cm³/mol. The maximum absolute atomic E-state index is 12.9. The van der Waals surface area contributed by atoms with Crippen molar-refractivity contribution in [2.24, 2.45) is 0 Å². The second-order valence-electron chi connectivity index (χ2n) is 5.81. The third kappa shape index (κ3) is 5.35. The van der Waals surface area contributed by atoms with Gasteiger partial charge in [0.15, 0.2) is 0 Å². The second-order valence-corrected chi connectivity index (χ2v) is 5.81. The summed E-state index contributed by atoms with van der Waals surface area (Å²) < 4.78 is 18.6. The molecule has 2 aromatic carbocycles. The lowest BCUT2D eigenvalue weighted by atomic mass is 10.2. The molecule has 0 aliphatic rings. The van der Waals surface area contributed by atoms with Crippen LogP contribution in [0.1, 0.15) is 12.5 Å². The Kier molecular flexibility index (Phi) is 6.32.